The Morgan fingerprint density at radius 2 is 2.32 bits per heavy atom. The lowest BCUT2D eigenvalue weighted by Gasteiger charge is -2.29. The van der Waals surface area contributed by atoms with Crippen molar-refractivity contribution >= 4 is 6.03 Å². The second-order valence-corrected chi connectivity index (χ2v) is 6.64. The molecule has 3 unspecified atom stereocenters. The maximum atomic E-state index is 12.0. The fraction of sp³-hybridized carbons (Fsp3) is 0.750. The summed E-state index contributed by atoms with van der Waals surface area (Å²) >= 11 is 0. The maximum Gasteiger partial charge on any atom is 0.315 e. The quantitative estimate of drug-likeness (QED) is 0.777. The molecule has 0 radical (unpaired) electrons. The summed E-state index contributed by atoms with van der Waals surface area (Å²) in [5.74, 6) is 0.720. The Morgan fingerprint density at radius 3 is 2.95 bits per heavy atom. The number of hydrogen-bond acceptors (Lipinski definition) is 3. The lowest BCUT2D eigenvalue weighted by molar-refractivity contribution is 0.0590. The number of aliphatic hydroxyl groups is 1. The second-order valence-electron chi connectivity index (χ2n) is 6.64. The molecule has 0 saturated heterocycles. The van der Waals surface area contributed by atoms with Crippen molar-refractivity contribution in [2.75, 3.05) is 6.54 Å². The van der Waals surface area contributed by atoms with Gasteiger partial charge in [0, 0.05) is 24.8 Å². The van der Waals surface area contributed by atoms with Crippen molar-refractivity contribution in [1.82, 2.24) is 20.4 Å². The topological polar surface area (TPSA) is 79.2 Å². The molecule has 1 aliphatic rings. The molecule has 1 aromatic rings. The molecule has 1 aromatic heterocycles. The molecule has 6 nitrogen and oxygen atoms in total. The molecule has 0 aromatic carbocycles. The largest absolute Gasteiger partial charge is 0.383 e. The van der Waals surface area contributed by atoms with Crippen molar-refractivity contribution in [3.8, 4) is 0 Å². The SMILES string of the molecule is CCC1CCCC(NC(=O)NCC(C)(O)c2cnn(C)c2)C1. The van der Waals surface area contributed by atoms with E-state index in [1.54, 1.807) is 31.0 Å². The Kier molecular flexibility index (Phi) is 5.45. The van der Waals surface area contributed by atoms with E-state index in [2.05, 4.69) is 22.7 Å². The number of amides is 2. The molecule has 3 atom stereocenters. The molecule has 22 heavy (non-hydrogen) atoms. The van der Waals surface area contributed by atoms with Gasteiger partial charge in [-0.25, -0.2) is 4.79 Å². The fourth-order valence-electron chi connectivity index (χ4n) is 3.08. The van der Waals surface area contributed by atoms with Crippen molar-refractivity contribution < 1.29 is 9.90 Å². The van der Waals surface area contributed by atoms with Gasteiger partial charge in [0.25, 0.3) is 0 Å². The first-order chi connectivity index (χ1) is 10.4. The van der Waals surface area contributed by atoms with Crippen LogP contribution in [0.5, 0.6) is 0 Å². The summed E-state index contributed by atoms with van der Waals surface area (Å²) in [6, 6.07) is 0.0490. The molecule has 2 rings (SSSR count). The van der Waals surface area contributed by atoms with Gasteiger partial charge in [-0.15, -0.1) is 0 Å². The van der Waals surface area contributed by atoms with Crippen molar-refractivity contribution in [3.05, 3.63) is 18.0 Å². The number of urea groups is 1. The maximum absolute atomic E-state index is 12.0. The van der Waals surface area contributed by atoms with Crippen LogP contribution in [0, 0.1) is 5.92 Å². The van der Waals surface area contributed by atoms with Crippen LogP contribution < -0.4 is 10.6 Å². The molecule has 0 bridgehead atoms. The van der Waals surface area contributed by atoms with Crippen molar-refractivity contribution in [1.29, 1.82) is 0 Å². The van der Waals surface area contributed by atoms with Crippen LogP contribution in [0.4, 0.5) is 4.79 Å². The molecule has 1 aliphatic carbocycles. The van der Waals surface area contributed by atoms with Crippen LogP contribution in [0.3, 0.4) is 0 Å². The minimum absolute atomic E-state index is 0.161. The van der Waals surface area contributed by atoms with Crippen LogP contribution in [0.15, 0.2) is 12.4 Å². The Hall–Kier alpha value is -1.56. The molecule has 1 fully saturated rings. The summed E-state index contributed by atoms with van der Waals surface area (Å²) in [5.41, 5.74) is -0.427. The van der Waals surface area contributed by atoms with Gasteiger partial charge in [0.15, 0.2) is 0 Å². The van der Waals surface area contributed by atoms with Gasteiger partial charge in [-0.2, -0.15) is 5.10 Å². The average Bonchev–Trinajstić information content (AvgIpc) is 2.93. The number of carbonyl (C=O) groups excluding carboxylic acids is 1. The summed E-state index contributed by atoms with van der Waals surface area (Å²) in [6.45, 7) is 4.05. The van der Waals surface area contributed by atoms with E-state index >= 15 is 0 Å². The van der Waals surface area contributed by atoms with Crippen LogP contribution >= 0.6 is 0 Å². The van der Waals surface area contributed by atoms with E-state index in [4.69, 9.17) is 0 Å². The van der Waals surface area contributed by atoms with E-state index < -0.39 is 5.60 Å². The zero-order valence-corrected chi connectivity index (χ0v) is 13.8. The average molecular weight is 308 g/mol. The molecule has 3 N–H and O–H groups in total. The van der Waals surface area contributed by atoms with E-state index in [0.717, 1.165) is 18.8 Å². The number of aryl methyl sites for hydroxylation is 1. The highest BCUT2D eigenvalue weighted by Gasteiger charge is 2.26. The molecular formula is C16H28N4O2. The molecule has 1 heterocycles. The number of carbonyl (C=O) groups is 1. The van der Waals surface area contributed by atoms with Gasteiger partial charge in [-0.3, -0.25) is 4.68 Å². The highest BCUT2D eigenvalue weighted by molar-refractivity contribution is 5.74. The molecule has 0 spiro atoms. The Morgan fingerprint density at radius 1 is 1.55 bits per heavy atom. The Labute approximate surface area is 132 Å². The monoisotopic (exact) mass is 308 g/mol. The summed E-state index contributed by atoms with van der Waals surface area (Å²) in [5, 5.41) is 20.3. The summed E-state index contributed by atoms with van der Waals surface area (Å²) < 4.78 is 1.64. The van der Waals surface area contributed by atoms with Crippen LogP contribution in [0.25, 0.3) is 0 Å². The summed E-state index contributed by atoms with van der Waals surface area (Å²) in [4.78, 5) is 12.0. The zero-order chi connectivity index (χ0) is 16.2. The van der Waals surface area contributed by atoms with E-state index in [0.29, 0.717) is 5.56 Å². The lowest BCUT2D eigenvalue weighted by atomic mass is 9.84. The van der Waals surface area contributed by atoms with Gasteiger partial charge < -0.3 is 15.7 Å². The van der Waals surface area contributed by atoms with Gasteiger partial charge in [-0.1, -0.05) is 26.2 Å². The number of nitrogens with one attached hydrogen (secondary N) is 2. The van der Waals surface area contributed by atoms with Crippen molar-refractivity contribution in [2.45, 2.75) is 57.6 Å². The minimum atomic E-state index is -1.12. The molecular weight excluding hydrogens is 280 g/mol. The zero-order valence-electron chi connectivity index (χ0n) is 13.8. The third kappa shape index (κ3) is 4.47. The third-order valence-electron chi connectivity index (χ3n) is 4.62. The van der Waals surface area contributed by atoms with Crippen LogP contribution in [0.2, 0.25) is 0 Å². The molecule has 6 heteroatoms. The first-order valence-electron chi connectivity index (χ1n) is 8.16. The van der Waals surface area contributed by atoms with Gasteiger partial charge in [0.05, 0.1) is 12.7 Å². The van der Waals surface area contributed by atoms with Gasteiger partial charge >= 0.3 is 6.03 Å². The summed E-state index contributed by atoms with van der Waals surface area (Å²) in [6.07, 6.45) is 9.10. The number of rotatable bonds is 5. The predicted molar refractivity (Wildman–Crippen MR) is 85.4 cm³/mol. The lowest BCUT2D eigenvalue weighted by Crippen LogP contribution is -2.47. The molecule has 1 saturated carbocycles. The minimum Gasteiger partial charge on any atom is -0.383 e. The standard InChI is InChI=1S/C16H28N4O2/c1-4-12-6-5-7-14(8-12)19-15(21)17-11-16(2,22)13-9-18-20(3)10-13/h9-10,12,14,22H,4-8,11H2,1-3H3,(H2,17,19,21). The first-order valence-corrected chi connectivity index (χ1v) is 8.16. The van der Waals surface area contributed by atoms with E-state index in [-0.39, 0.29) is 18.6 Å². The van der Waals surface area contributed by atoms with E-state index in [1.807, 2.05) is 0 Å². The summed E-state index contributed by atoms with van der Waals surface area (Å²) in [7, 11) is 1.80. The van der Waals surface area contributed by atoms with E-state index in [9.17, 15) is 9.90 Å². The second kappa shape index (κ2) is 7.13. The first kappa shape index (κ1) is 16.8. The van der Waals surface area contributed by atoms with Crippen molar-refractivity contribution in [2.24, 2.45) is 13.0 Å². The van der Waals surface area contributed by atoms with Crippen LogP contribution in [0.1, 0.15) is 51.5 Å². The van der Waals surface area contributed by atoms with Gasteiger partial charge in [0.1, 0.15) is 5.60 Å². The van der Waals surface area contributed by atoms with Gasteiger partial charge in [0.2, 0.25) is 0 Å². The predicted octanol–water partition coefficient (Wildman–Crippen LogP) is 1.90. The fourth-order valence-corrected chi connectivity index (χ4v) is 3.08. The highest BCUT2D eigenvalue weighted by atomic mass is 16.3. The van der Waals surface area contributed by atoms with Crippen molar-refractivity contribution in [3.63, 3.8) is 0 Å². The molecule has 2 amide bonds. The van der Waals surface area contributed by atoms with Crippen LogP contribution in [-0.4, -0.2) is 33.5 Å². The van der Waals surface area contributed by atoms with E-state index in [1.165, 1.54) is 19.3 Å². The normalized spacial score (nSPS) is 24.5. The molecule has 0 aliphatic heterocycles. The van der Waals surface area contributed by atoms with Gasteiger partial charge in [-0.05, 0) is 25.7 Å². The third-order valence-corrected chi connectivity index (χ3v) is 4.62. The number of hydrogen-bond donors (Lipinski definition) is 3. The Balaban J connectivity index is 1.79. The Bertz CT molecular complexity index is 498. The highest BCUT2D eigenvalue weighted by Crippen LogP contribution is 2.26. The molecule has 124 valence electrons. The van der Waals surface area contributed by atoms with Crippen LogP contribution in [-0.2, 0) is 12.6 Å². The number of nitrogens with zero attached hydrogens (tertiary/aromatic N) is 2. The smallest absolute Gasteiger partial charge is 0.315 e. The number of aromatic nitrogens is 2.